The minimum Gasteiger partial charge on any atom is -0.480 e. The van der Waals surface area contributed by atoms with Crippen LogP contribution in [0.2, 0.25) is 0 Å². The minimum absolute atomic E-state index is 0.0701. The lowest BCUT2D eigenvalue weighted by Crippen LogP contribution is -2.50. The smallest absolute Gasteiger partial charge is 0.324 e. The number of aliphatic carboxylic acids is 1. The zero-order valence-corrected chi connectivity index (χ0v) is 17.3. The van der Waals surface area contributed by atoms with Crippen molar-refractivity contribution in [1.29, 1.82) is 0 Å². The van der Waals surface area contributed by atoms with Crippen LogP contribution in [0.4, 0.5) is 0 Å². The molecule has 0 aliphatic carbocycles. The number of aromatic nitrogens is 1. The highest BCUT2D eigenvalue weighted by Gasteiger charge is 2.57. The molecular weight excluding hydrogens is 356 g/mol. The first-order valence-corrected chi connectivity index (χ1v) is 10.1. The monoisotopic (exact) mass is 388 g/mol. The van der Waals surface area contributed by atoms with E-state index in [4.69, 9.17) is 0 Å². The molecule has 2 aliphatic heterocycles. The zero-order chi connectivity index (χ0) is 20.5. The van der Waals surface area contributed by atoms with Crippen LogP contribution in [0.5, 0.6) is 0 Å². The van der Waals surface area contributed by atoms with E-state index >= 15 is 0 Å². The van der Waals surface area contributed by atoms with Gasteiger partial charge < -0.3 is 14.9 Å². The van der Waals surface area contributed by atoms with E-state index in [0.29, 0.717) is 25.9 Å². The summed E-state index contributed by atoms with van der Waals surface area (Å²) in [4.78, 5) is 36.2. The normalized spacial score (nSPS) is 29.4. The molecular formula is C21H32N4O3. The molecule has 1 N–H and O–H groups in total. The molecule has 0 bridgehead atoms. The van der Waals surface area contributed by atoms with Gasteiger partial charge in [0.15, 0.2) is 0 Å². The van der Waals surface area contributed by atoms with Gasteiger partial charge in [-0.05, 0) is 44.5 Å². The molecule has 2 aliphatic rings. The third-order valence-corrected chi connectivity index (χ3v) is 6.33. The Morgan fingerprint density at radius 2 is 1.93 bits per heavy atom. The molecule has 1 aromatic rings. The van der Waals surface area contributed by atoms with Gasteiger partial charge in [0.05, 0.1) is 5.92 Å². The molecule has 0 aromatic carbocycles. The summed E-state index contributed by atoms with van der Waals surface area (Å²) in [6, 6.07) is 3.52. The molecule has 1 aromatic heterocycles. The number of nitrogens with zero attached hydrogens (tertiary/aromatic N) is 4. The number of rotatable bonds is 5. The van der Waals surface area contributed by atoms with Crippen LogP contribution < -0.4 is 0 Å². The third-order valence-electron chi connectivity index (χ3n) is 6.33. The van der Waals surface area contributed by atoms with Gasteiger partial charge in [-0.2, -0.15) is 0 Å². The lowest BCUT2D eigenvalue weighted by atomic mass is 9.83. The quantitative estimate of drug-likeness (QED) is 0.828. The molecule has 2 fully saturated rings. The highest BCUT2D eigenvalue weighted by Crippen LogP contribution is 2.49. The van der Waals surface area contributed by atoms with Crippen LogP contribution in [0.25, 0.3) is 0 Å². The van der Waals surface area contributed by atoms with E-state index in [1.165, 1.54) is 0 Å². The van der Waals surface area contributed by atoms with Crippen molar-refractivity contribution < 1.29 is 14.7 Å². The summed E-state index contributed by atoms with van der Waals surface area (Å²) in [5, 5.41) is 10.2. The fourth-order valence-corrected chi connectivity index (χ4v) is 4.87. The van der Waals surface area contributed by atoms with Crippen LogP contribution in [-0.4, -0.2) is 82.5 Å². The number of hydrogen-bond donors (Lipinski definition) is 1. The molecule has 0 spiro atoms. The first-order valence-electron chi connectivity index (χ1n) is 10.1. The van der Waals surface area contributed by atoms with Gasteiger partial charge >= 0.3 is 5.97 Å². The lowest BCUT2D eigenvalue weighted by molar-refractivity contribution is -0.151. The summed E-state index contributed by atoms with van der Waals surface area (Å²) in [5.74, 6) is -0.940. The van der Waals surface area contributed by atoms with Crippen LogP contribution in [0.3, 0.4) is 0 Å². The van der Waals surface area contributed by atoms with E-state index in [-0.39, 0.29) is 23.8 Å². The average molecular weight is 389 g/mol. The Balaban J connectivity index is 1.97. The van der Waals surface area contributed by atoms with Gasteiger partial charge in [0.25, 0.3) is 0 Å². The molecule has 28 heavy (non-hydrogen) atoms. The van der Waals surface area contributed by atoms with Crippen molar-refractivity contribution in [3.63, 3.8) is 0 Å². The van der Waals surface area contributed by atoms with E-state index in [1.54, 1.807) is 12.4 Å². The highest BCUT2D eigenvalue weighted by atomic mass is 16.4. The van der Waals surface area contributed by atoms with Gasteiger partial charge in [0.2, 0.25) is 5.91 Å². The largest absolute Gasteiger partial charge is 0.480 e. The predicted molar refractivity (Wildman–Crippen MR) is 107 cm³/mol. The third kappa shape index (κ3) is 3.78. The van der Waals surface area contributed by atoms with Crippen LogP contribution in [-0.2, 0) is 9.59 Å². The van der Waals surface area contributed by atoms with Crippen LogP contribution in [0.1, 0.15) is 38.3 Å². The molecule has 3 rings (SSSR count). The molecule has 0 saturated carbocycles. The van der Waals surface area contributed by atoms with Crippen LogP contribution >= 0.6 is 0 Å². The zero-order valence-electron chi connectivity index (χ0n) is 17.3. The number of carbonyl (C=O) groups is 2. The van der Waals surface area contributed by atoms with Gasteiger partial charge in [-0.15, -0.1) is 0 Å². The van der Waals surface area contributed by atoms with E-state index < -0.39 is 11.5 Å². The van der Waals surface area contributed by atoms with Gasteiger partial charge in [0.1, 0.15) is 5.54 Å². The summed E-state index contributed by atoms with van der Waals surface area (Å²) in [7, 11) is 3.91. The second-order valence-corrected chi connectivity index (χ2v) is 8.72. The van der Waals surface area contributed by atoms with Gasteiger partial charge in [-0.1, -0.05) is 19.9 Å². The standard InChI is InChI=1S/C21H32N4O3/c1-15(2)12-21(20(27)28)13-17(19(26)25-10-8-23(3)9-11-25)18(24(21)4)16-6-5-7-22-14-16/h5-7,14-15,17-18H,8-13H2,1-4H3,(H,27,28)/t17-,18-,21-/m0/s1. The Hall–Kier alpha value is -1.99. The van der Waals surface area contributed by atoms with E-state index in [0.717, 1.165) is 18.7 Å². The molecule has 1 amide bonds. The van der Waals surface area contributed by atoms with Crippen molar-refractivity contribution in [3.05, 3.63) is 30.1 Å². The van der Waals surface area contributed by atoms with Gasteiger partial charge in [-0.25, -0.2) is 0 Å². The Kier molecular flexibility index (Phi) is 6.05. The summed E-state index contributed by atoms with van der Waals surface area (Å²) < 4.78 is 0. The van der Waals surface area contributed by atoms with Gasteiger partial charge in [0, 0.05) is 44.6 Å². The topological polar surface area (TPSA) is 77.0 Å². The van der Waals surface area contributed by atoms with Crippen LogP contribution in [0.15, 0.2) is 24.5 Å². The number of pyridine rings is 1. The van der Waals surface area contributed by atoms with Crippen molar-refractivity contribution in [1.82, 2.24) is 19.7 Å². The molecule has 0 unspecified atom stereocenters. The van der Waals surface area contributed by atoms with E-state index in [1.807, 2.05) is 42.8 Å². The molecule has 7 nitrogen and oxygen atoms in total. The molecule has 2 saturated heterocycles. The summed E-state index contributed by atoms with van der Waals surface area (Å²) in [6.07, 6.45) is 4.32. The Morgan fingerprint density at radius 1 is 1.25 bits per heavy atom. The number of hydrogen-bond acceptors (Lipinski definition) is 5. The maximum atomic E-state index is 13.5. The van der Waals surface area contributed by atoms with Crippen molar-refractivity contribution in [3.8, 4) is 0 Å². The first-order chi connectivity index (χ1) is 13.3. The summed E-state index contributed by atoms with van der Waals surface area (Å²) >= 11 is 0. The average Bonchev–Trinajstić information content (AvgIpc) is 2.95. The molecule has 154 valence electrons. The van der Waals surface area contributed by atoms with E-state index in [2.05, 4.69) is 16.9 Å². The summed E-state index contributed by atoms with van der Waals surface area (Å²) in [6.45, 7) is 7.16. The predicted octanol–water partition coefficient (Wildman–Crippen LogP) is 1.72. The van der Waals surface area contributed by atoms with E-state index in [9.17, 15) is 14.7 Å². The van der Waals surface area contributed by atoms with Crippen LogP contribution in [0, 0.1) is 11.8 Å². The van der Waals surface area contributed by atoms with Crippen molar-refractivity contribution in [2.45, 2.75) is 38.3 Å². The van der Waals surface area contributed by atoms with Crippen molar-refractivity contribution in [2.75, 3.05) is 40.3 Å². The molecule has 3 atom stereocenters. The fraction of sp³-hybridized carbons (Fsp3) is 0.667. The Bertz CT molecular complexity index is 703. The number of carboxylic acid groups (broad SMARTS) is 1. The van der Waals surface area contributed by atoms with Crippen molar-refractivity contribution in [2.24, 2.45) is 11.8 Å². The maximum Gasteiger partial charge on any atom is 0.324 e. The Morgan fingerprint density at radius 3 is 2.46 bits per heavy atom. The number of carboxylic acids is 1. The maximum absolute atomic E-state index is 13.5. The minimum atomic E-state index is -1.04. The number of likely N-dealkylation sites (N-methyl/N-ethyl adjacent to an activating group) is 2. The molecule has 3 heterocycles. The Labute approximate surface area is 167 Å². The number of carbonyl (C=O) groups excluding carboxylic acids is 1. The molecule has 0 radical (unpaired) electrons. The number of piperazine rings is 1. The first kappa shape index (κ1) is 20.7. The lowest BCUT2D eigenvalue weighted by Gasteiger charge is -2.36. The number of likely N-dealkylation sites (tertiary alicyclic amines) is 1. The number of amides is 1. The fourth-order valence-electron chi connectivity index (χ4n) is 4.87. The second-order valence-electron chi connectivity index (χ2n) is 8.72. The second kappa shape index (κ2) is 8.17. The van der Waals surface area contributed by atoms with Crippen molar-refractivity contribution >= 4 is 11.9 Å². The molecule has 7 heteroatoms. The summed E-state index contributed by atoms with van der Waals surface area (Å²) in [5.41, 5.74) is -0.133. The highest BCUT2D eigenvalue weighted by molar-refractivity contribution is 5.85. The van der Waals surface area contributed by atoms with Gasteiger partial charge in [-0.3, -0.25) is 19.5 Å². The SMILES string of the molecule is CC(C)C[C@@]1(C(=O)O)C[C@H](C(=O)N2CCN(C)CC2)[C@H](c2cccnc2)N1C.